The van der Waals surface area contributed by atoms with Gasteiger partial charge < -0.3 is 9.47 Å². The van der Waals surface area contributed by atoms with Gasteiger partial charge in [0.2, 0.25) is 0 Å². The Morgan fingerprint density at radius 3 is 2.58 bits per heavy atom. The van der Waals surface area contributed by atoms with E-state index in [4.69, 9.17) is 11.6 Å². The molecule has 0 N–H and O–H groups in total. The van der Waals surface area contributed by atoms with Gasteiger partial charge in [0.1, 0.15) is 23.4 Å². The number of hydrogen-bond acceptors (Lipinski definition) is 3. The van der Waals surface area contributed by atoms with Crippen molar-refractivity contribution in [3.05, 3.63) is 34.7 Å². The van der Waals surface area contributed by atoms with Crippen LogP contribution in [0.1, 0.15) is 30.1 Å². The van der Waals surface area contributed by atoms with Crippen LogP contribution in [0, 0.1) is 0 Å². The summed E-state index contributed by atoms with van der Waals surface area (Å²) in [6, 6.07) is 5.47. The van der Waals surface area contributed by atoms with E-state index in [1.807, 2.05) is 31.1 Å². The maximum Gasteiger partial charge on any atom is 0.406 e. The number of aromatic nitrogens is 3. The van der Waals surface area contributed by atoms with Gasteiger partial charge in [0.25, 0.3) is 0 Å². The van der Waals surface area contributed by atoms with Gasteiger partial charge in [-0.2, -0.15) is 13.2 Å². The molecular weight excluding hydrogens is 365 g/mol. The summed E-state index contributed by atoms with van der Waals surface area (Å²) in [5.74, 6) is 0.898. The molecule has 8 heteroatoms. The standard InChI is InChI=1S/C18H18ClF3N4/c1-25(2)8-10-3-6-13-12(7-10)14-15(26(13)9-18(20,21)22)16(19)24-17(23-14)11-4-5-11/h3,6-7,11H,4-5,8-9H2,1-2H3. The second kappa shape index (κ2) is 6.09. The summed E-state index contributed by atoms with van der Waals surface area (Å²) in [6.45, 7) is -0.429. The van der Waals surface area contributed by atoms with E-state index in [9.17, 15) is 13.2 Å². The Morgan fingerprint density at radius 2 is 1.96 bits per heavy atom. The molecule has 0 radical (unpaired) electrons. The van der Waals surface area contributed by atoms with Gasteiger partial charge in [-0.15, -0.1) is 0 Å². The number of alkyl halides is 3. The molecule has 3 aromatic rings. The van der Waals surface area contributed by atoms with Crippen molar-refractivity contribution >= 4 is 33.5 Å². The lowest BCUT2D eigenvalue weighted by atomic mass is 10.1. The van der Waals surface area contributed by atoms with Gasteiger partial charge in [0.05, 0.1) is 5.52 Å². The Bertz CT molecular complexity index is 990. The molecule has 1 aromatic carbocycles. The normalized spacial score (nSPS) is 15.5. The quantitative estimate of drug-likeness (QED) is 0.611. The Morgan fingerprint density at radius 1 is 1.23 bits per heavy atom. The molecule has 0 aliphatic heterocycles. The third-order valence-corrected chi connectivity index (χ3v) is 4.78. The topological polar surface area (TPSA) is 34.0 Å². The van der Waals surface area contributed by atoms with Crippen LogP contribution in [0.4, 0.5) is 13.2 Å². The molecule has 1 aliphatic carbocycles. The number of halogens is 4. The molecule has 4 nitrogen and oxygen atoms in total. The van der Waals surface area contributed by atoms with Crippen molar-refractivity contribution in [3.8, 4) is 0 Å². The van der Waals surface area contributed by atoms with Crippen molar-refractivity contribution in [1.82, 2.24) is 19.4 Å². The highest BCUT2D eigenvalue weighted by molar-refractivity contribution is 6.34. The summed E-state index contributed by atoms with van der Waals surface area (Å²) in [5.41, 5.74) is 2.25. The van der Waals surface area contributed by atoms with Gasteiger partial charge in [-0.05, 0) is 44.6 Å². The molecule has 1 aliphatic rings. The highest BCUT2D eigenvalue weighted by Gasteiger charge is 2.32. The van der Waals surface area contributed by atoms with Gasteiger partial charge in [-0.1, -0.05) is 17.7 Å². The molecule has 2 aromatic heterocycles. The SMILES string of the molecule is CN(C)Cc1ccc2c(c1)c1nc(C3CC3)nc(Cl)c1n2CC(F)(F)F. The predicted molar refractivity (Wildman–Crippen MR) is 95.5 cm³/mol. The van der Waals surface area contributed by atoms with Crippen LogP contribution in [0.5, 0.6) is 0 Å². The molecule has 138 valence electrons. The number of nitrogens with zero attached hydrogens (tertiary/aromatic N) is 4. The van der Waals surface area contributed by atoms with Crippen LogP contribution in [0.25, 0.3) is 21.9 Å². The van der Waals surface area contributed by atoms with Gasteiger partial charge in [0, 0.05) is 17.8 Å². The monoisotopic (exact) mass is 382 g/mol. The second-order valence-corrected chi connectivity index (χ2v) is 7.49. The van der Waals surface area contributed by atoms with Crippen LogP contribution < -0.4 is 0 Å². The maximum absolute atomic E-state index is 13.2. The molecule has 0 unspecified atom stereocenters. The van der Waals surface area contributed by atoms with E-state index in [2.05, 4.69) is 9.97 Å². The summed E-state index contributed by atoms with van der Waals surface area (Å²) < 4.78 is 40.7. The first-order valence-corrected chi connectivity index (χ1v) is 8.80. The van der Waals surface area contributed by atoms with Crippen LogP contribution in [-0.4, -0.2) is 39.7 Å². The summed E-state index contributed by atoms with van der Waals surface area (Å²) in [6.07, 6.45) is -2.37. The van der Waals surface area contributed by atoms with Crippen molar-refractivity contribution in [2.24, 2.45) is 0 Å². The molecular formula is C18H18ClF3N4. The molecule has 1 fully saturated rings. The van der Waals surface area contributed by atoms with Crippen LogP contribution in [0.3, 0.4) is 0 Å². The molecule has 26 heavy (non-hydrogen) atoms. The molecule has 0 saturated heterocycles. The maximum atomic E-state index is 13.2. The predicted octanol–water partition coefficient (Wildman–Crippen LogP) is 4.74. The van der Waals surface area contributed by atoms with Gasteiger partial charge in [-0.25, -0.2) is 9.97 Å². The van der Waals surface area contributed by atoms with Crippen molar-refractivity contribution in [2.75, 3.05) is 14.1 Å². The summed E-state index contributed by atoms with van der Waals surface area (Å²) in [7, 11) is 3.89. The Labute approximate surface area is 153 Å². The van der Waals surface area contributed by atoms with Crippen molar-refractivity contribution in [3.63, 3.8) is 0 Å². The van der Waals surface area contributed by atoms with Gasteiger partial charge in [0.15, 0.2) is 5.15 Å². The Hall–Kier alpha value is -1.86. The van der Waals surface area contributed by atoms with E-state index in [0.717, 1.165) is 18.4 Å². The van der Waals surface area contributed by atoms with Gasteiger partial charge >= 0.3 is 6.18 Å². The Balaban J connectivity index is 2.00. The van der Waals surface area contributed by atoms with E-state index in [1.54, 1.807) is 6.07 Å². The molecule has 4 rings (SSSR count). The van der Waals surface area contributed by atoms with E-state index < -0.39 is 12.7 Å². The molecule has 0 bridgehead atoms. The minimum Gasteiger partial charge on any atom is -0.327 e. The summed E-state index contributed by atoms with van der Waals surface area (Å²) in [5, 5.41) is 0.779. The zero-order chi connectivity index (χ0) is 18.6. The zero-order valence-electron chi connectivity index (χ0n) is 14.4. The average molecular weight is 383 g/mol. The fourth-order valence-electron chi connectivity index (χ4n) is 3.33. The fraction of sp³-hybridized carbons (Fsp3) is 0.444. The smallest absolute Gasteiger partial charge is 0.327 e. The van der Waals surface area contributed by atoms with E-state index in [1.165, 1.54) is 4.57 Å². The lowest BCUT2D eigenvalue weighted by Crippen LogP contribution is -2.17. The van der Waals surface area contributed by atoms with E-state index in [0.29, 0.717) is 28.8 Å². The summed E-state index contributed by atoms with van der Waals surface area (Å²) in [4.78, 5) is 10.9. The number of hydrogen-bond donors (Lipinski definition) is 0. The number of fused-ring (bicyclic) bond motifs is 3. The van der Waals surface area contributed by atoms with Crippen LogP contribution in [0.15, 0.2) is 18.2 Å². The van der Waals surface area contributed by atoms with Crippen molar-refractivity contribution in [2.45, 2.75) is 38.0 Å². The van der Waals surface area contributed by atoms with Crippen LogP contribution >= 0.6 is 11.6 Å². The zero-order valence-corrected chi connectivity index (χ0v) is 15.2. The lowest BCUT2D eigenvalue weighted by molar-refractivity contribution is -0.139. The average Bonchev–Trinajstić information content (AvgIpc) is 3.32. The summed E-state index contributed by atoms with van der Waals surface area (Å²) >= 11 is 6.32. The van der Waals surface area contributed by atoms with E-state index >= 15 is 0 Å². The minimum absolute atomic E-state index is 0.0894. The minimum atomic E-state index is -4.36. The molecule has 0 atom stereocenters. The number of benzene rings is 1. The second-order valence-electron chi connectivity index (χ2n) is 7.13. The molecule has 2 heterocycles. The first kappa shape index (κ1) is 17.5. The van der Waals surface area contributed by atoms with Crippen molar-refractivity contribution in [1.29, 1.82) is 0 Å². The molecule has 0 spiro atoms. The van der Waals surface area contributed by atoms with E-state index in [-0.39, 0.29) is 16.6 Å². The van der Waals surface area contributed by atoms with Crippen LogP contribution in [0.2, 0.25) is 5.15 Å². The van der Waals surface area contributed by atoms with Crippen LogP contribution in [-0.2, 0) is 13.1 Å². The third-order valence-electron chi connectivity index (χ3n) is 4.51. The number of rotatable bonds is 4. The largest absolute Gasteiger partial charge is 0.406 e. The van der Waals surface area contributed by atoms with Gasteiger partial charge in [-0.3, -0.25) is 0 Å². The highest BCUT2D eigenvalue weighted by atomic mass is 35.5. The fourth-order valence-corrected chi connectivity index (χ4v) is 3.61. The lowest BCUT2D eigenvalue weighted by Gasteiger charge is -2.12. The van der Waals surface area contributed by atoms with Crippen molar-refractivity contribution < 1.29 is 13.2 Å². The molecule has 0 amide bonds. The highest BCUT2D eigenvalue weighted by Crippen LogP contribution is 2.41. The third kappa shape index (κ3) is 3.25. The molecule has 1 saturated carbocycles. The Kier molecular flexibility index (Phi) is 4.11. The first-order valence-electron chi connectivity index (χ1n) is 8.42. The first-order chi connectivity index (χ1) is 12.2.